The van der Waals surface area contributed by atoms with E-state index in [1.165, 1.54) is 0 Å². The van der Waals surface area contributed by atoms with Gasteiger partial charge in [-0.05, 0) is 7.05 Å². The van der Waals surface area contributed by atoms with E-state index >= 15 is 0 Å². The molecule has 122 valence electrons. The summed E-state index contributed by atoms with van der Waals surface area (Å²) < 4.78 is 5.43. The van der Waals surface area contributed by atoms with Gasteiger partial charge in [0.05, 0.1) is 17.2 Å². The Hall–Kier alpha value is -1.02. The van der Waals surface area contributed by atoms with E-state index < -0.39 is 0 Å². The van der Waals surface area contributed by atoms with Crippen molar-refractivity contribution >= 4 is 23.7 Å². The maximum Gasteiger partial charge on any atom is 0.269 e. The number of nitrogens with one attached hydrogen (secondary N) is 1. The predicted molar refractivity (Wildman–Crippen MR) is 89.6 cm³/mol. The number of aromatic nitrogens is 3. The van der Waals surface area contributed by atoms with Gasteiger partial charge in [-0.25, -0.2) is 4.98 Å². The molecule has 3 heterocycles. The molecule has 1 fully saturated rings. The summed E-state index contributed by atoms with van der Waals surface area (Å²) in [6.07, 6.45) is 1.82. The molecule has 1 aliphatic heterocycles. The zero-order chi connectivity index (χ0) is 15.0. The lowest BCUT2D eigenvalue weighted by atomic mass is 9.98. The van der Waals surface area contributed by atoms with Gasteiger partial charge in [0.2, 0.25) is 0 Å². The van der Waals surface area contributed by atoms with Crippen LogP contribution >= 0.6 is 23.7 Å². The number of nitrogens with zero attached hydrogens (tertiary/aromatic N) is 4. The van der Waals surface area contributed by atoms with Crippen LogP contribution in [-0.4, -0.2) is 46.7 Å². The molecule has 1 N–H and O–H groups in total. The van der Waals surface area contributed by atoms with Gasteiger partial charge in [0.15, 0.2) is 5.82 Å². The summed E-state index contributed by atoms with van der Waals surface area (Å²) in [4.78, 5) is 12.2. The first-order valence-corrected chi connectivity index (χ1v) is 7.98. The summed E-state index contributed by atoms with van der Waals surface area (Å²) in [5.74, 6) is 1.31. The zero-order valence-electron chi connectivity index (χ0n) is 13.3. The van der Waals surface area contributed by atoms with E-state index in [2.05, 4.69) is 53.2 Å². The van der Waals surface area contributed by atoms with Crippen molar-refractivity contribution in [1.29, 1.82) is 0 Å². The molecular formula is C14H22ClN5OS. The van der Waals surface area contributed by atoms with E-state index in [0.717, 1.165) is 35.3 Å². The molecule has 2 aromatic rings. The molecule has 1 aliphatic rings. The van der Waals surface area contributed by atoms with Crippen molar-refractivity contribution in [3.63, 3.8) is 0 Å². The van der Waals surface area contributed by atoms with E-state index in [1.54, 1.807) is 11.3 Å². The lowest BCUT2D eigenvalue weighted by Gasteiger charge is -2.30. The van der Waals surface area contributed by atoms with Crippen LogP contribution in [-0.2, 0) is 5.41 Å². The Morgan fingerprint density at radius 3 is 2.82 bits per heavy atom. The molecule has 0 aromatic carbocycles. The van der Waals surface area contributed by atoms with Crippen molar-refractivity contribution < 1.29 is 4.52 Å². The van der Waals surface area contributed by atoms with Gasteiger partial charge in [-0.2, -0.15) is 4.98 Å². The van der Waals surface area contributed by atoms with E-state index in [-0.39, 0.29) is 23.9 Å². The van der Waals surface area contributed by atoms with Crippen LogP contribution in [0.4, 0.5) is 0 Å². The summed E-state index contributed by atoms with van der Waals surface area (Å²) in [6, 6.07) is 0.172. The van der Waals surface area contributed by atoms with Crippen LogP contribution in [0.25, 0.3) is 10.8 Å². The van der Waals surface area contributed by atoms with Gasteiger partial charge in [-0.1, -0.05) is 25.9 Å². The molecule has 1 atom stereocenters. The van der Waals surface area contributed by atoms with Gasteiger partial charge >= 0.3 is 0 Å². The Balaban J connectivity index is 0.00000176. The Bertz CT molecular complexity index is 621. The van der Waals surface area contributed by atoms with Gasteiger partial charge < -0.3 is 9.84 Å². The Morgan fingerprint density at radius 2 is 2.18 bits per heavy atom. The van der Waals surface area contributed by atoms with E-state index in [0.29, 0.717) is 5.89 Å². The van der Waals surface area contributed by atoms with Crippen LogP contribution in [0.2, 0.25) is 0 Å². The van der Waals surface area contributed by atoms with Crippen LogP contribution in [0, 0.1) is 0 Å². The molecule has 1 unspecified atom stereocenters. The molecule has 0 saturated carbocycles. The lowest BCUT2D eigenvalue weighted by Crippen LogP contribution is -2.44. The largest absolute Gasteiger partial charge is 0.333 e. The third-order valence-electron chi connectivity index (χ3n) is 3.61. The second-order valence-electron chi connectivity index (χ2n) is 6.44. The number of halogens is 1. The molecule has 3 rings (SSSR count). The summed E-state index contributed by atoms with van der Waals surface area (Å²) >= 11 is 1.62. The first kappa shape index (κ1) is 17.3. The quantitative estimate of drug-likeness (QED) is 0.903. The molecule has 8 heteroatoms. The SMILES string of the molecule is CN1CCNCC1c1noc(-c2cnc(C(C)(C)C)s2)n1.Cl. The standard InChI is InChI=1S/C14H21N5OS.ClH/c1-14(2,3)13-16-8-10(21-13)12-17-11(18-20-12)9-7-15-5-6-19(9)4;/h8-9,15H,5-7H2,1-4H3;1H. The molecule has 2 aromatic heterocycles. The van der Waals surface area contributed by atoms with E-state index in [1.807, 2.05) is 6.20 Å². The van der Waals surface area contributed by atoms with E-state index in [4.69, 9.17) is 4.52 Å². The molecule has 0 aliphatic carbocycles. The van der Waals surface area contributed by atoms with Gasteiger partial charge in [0.1, 0.15) is 4.88 Å². The Kier molecular flexibility index (Phi) is 5.21. The lowest BCUT2D eigenvalue weighted by molar-refractivity contribution is 0.190. The number of hydrogen-bond donors (Lipinski definition) is 1. The van der Waals surface area contributed by atoms with Crippen molar-refractivity contribution in [1.82, 2.24) is 25.3 Å². The minimum Gasteiger partial charge on any atom is -0.333 e. The fourth-order valence-electron chi connectivity index (χ4n) is 2.28. The zero-order valence-corrected chi connectivity index (χ0v) is 14.9. The summed E-state index contributed by atoms with van der Waals surface area (Å²) in [5.41, 5.74) is 0.0409. The normalized spacial score (nSPS) is 19.9. The van der Waals surface area contributed by atoms with Gasteiger partial charge in [0.25, 0.3) is 5.89 Å². The molecular weight excluding hydrogens is 322 g/mol. The van der Waals surface area contributed by atoms with Gasteiger partial charge in [-0.15, -0.1) is 23.7 Å². The molecule has 1 saturated heterocycles. The number of piperazine rings is 1. The molecule has 0 bridgehead atoms. The van der Waals surface area contributed by atoms with Crippen LogP contribution in [0.3, 0.4) is 0 Å². The highest BCUT2D eigenvalue weighted by Gasteiger charge is 2.26. The van der Waals surface area contributed by atoms with Crippen molar-refractivity contribution in [3.8, 4) is 10.8 Å². The maximum atomic E-state index is 5.43. The minimum atomic E-state index is 0. The van der Waals surface area contributed by atoms with Crippen molar-refractivity contribution in [2.24, 2.45) is 0 Å². The monoisotopic (exact) mass is 343 g/mol. The van der Waals surface area contributed by atoms with Crippen LogP contribution in [0.15, 0.2) is 10.7 Å². The summed E-state index contributed by atoms with van der Waals surface area (Å²) in [6.45, 7) is 9.29. The second kappa shape index (κ2) is 6.62. The molecule has 0 amide bonds. The molecule has 22 heavy (non-hydrogen) atoms. The maximum absolute atomic E-state index is 5.43. The average Bonchev–Trinajstić information content (AvgIpc) is 3.07. The fraction of sp³-hybridized carbons (Fsp3) is 0.643. The second-order valence-corrected chi connectivity index (χ2v) is 7.47. The highest BCUT2D eigenvalue weighted by atomic mass is 35.5. The van der Waals surface area contributed by atoms with Crippen LogP contribution in [0.5, 0.6) is 0 Å². The van der Waals surface area contributed by atoms with E-state index in [9.17, 15) is 0 Å². The van der Waals surface area contributed by atoms with Gasteiger partial charge in [0, 0.05) is 25.0 Å². The smallest absolute Gasteiger partial charge is 0.269 e. The molecule has 0 spiro atoms. The fourth-order valence-corrected chi connectivity index (χ4v) is 3.18. The minimum absolute atomic E-state index is 0. The first-order chi connectivity index (χ1) is 9.95. The number of rotatable bonds is 2. The summed E-state index contributed by atoms with van der Waals surface area (Å²) in [5, 5.41) is 8.59. The third-order valence-corrected chi connectivity index (χ3v) is 5.02. The highest BCUT2D eigenvalue weighted by molar-refractivity contribution is 7.15. The number of likely N-dealkylation sites (N-methyl/N-ethyl adjacent to an activating group) is 1. The molecule has 6 nitrogen and oxygen atoms in total. The number of thiazole rings is 1. The topological polar surface area (TPSA) is 67.1 Å². The van der Waals surface area contributed by atoms with Gasteiger partial charge in [-0.3, -0.25) is 4.90 Å². The van der Waals surface area contributed by atoms with Crippen molar-refractivity contribution in [3.05, 3.63) is 17.0 Å². The molecule has 0 radical (unpaired) electrons. The predicted octanol–water partition coefficient (Wildman–Crippen LogP) is 2.49. The Labute approximate surface area is 140 Å². The van der Waals surface area contributed by atoms with Crippen LogP contribution in [0.1, 0.15) is 37.6 Å². The van der Waals surface area contributed by atoms with Crippen molar-refractivity contribution in [2.45, 2.75) is 32.2 Å². The average molecular weight is 344 g/mol. The first-order valence-electron chi connectivity index (χ1n) is 7.16. The van der Waals surface area contributed by atoms with Crippen LogP contribution < -0.4 is 5.32 Å². The number of hydrogen-bond acceptors (Lipinski definition) is 7. The summed E-state index contributed by atoms with van der Waals surface area (Å²) in [7, 11) is 2.09. The van der Waals surface area contributed by atoms with Crippen molar-refractivity contribution in [2.75, 3.05) is 26.7 Å². The third kappa shape index (κ3) is 3.48. The Morgan fingerprint density at radius 1 is 1.41 bits per heavy atom. The highest BCUT2D eigenvalue weighted by Crippen LogP contribution is 2.32.